The van der Waals surface area contributed by atoms with E-state index in [0.717, 1.165) is 18.9 Å². The molecule has 0 aromatic rings. The molecule has 18 heavy (non-hydrogen) atoms. The van der Waals surface area contributed by atoms with Crippen molar-refractivity contribution in [3.63, 3.8) is 0 Å². The van der Waals surface area contributed by atoms with Gasteiger partial charge in [0.15, 0.2) is 11.6 Å². The topological polar surface area (TPSA) is 40.6 Å². The first kappa shape index (κ1) is 14.7. The van der Waals surface area contributed by atoms with Gasteiger partial charge in [-0.3, -0.25) is 9.59 Å². The fraction of sp³-hybridized carbons (Fsp3) is 0.714. The van der Waals surface area contributed by atoms with E-state index in [2.05, 4.69) is 37.5 Å². The molecule has 4 heteroatoms. The van der Waals surface area contributed by atoms with Crippen LogP contribution in [0.25, 0.3) is 0 Å². The van der Waals surface area contributed by atoms with Crippen molar-refractivity contribution in [2.45, 2.75) is 53.6 Å². The Kier molecular flexibility index (Phi) is 4.54. The molecule has 0 aromatic heterocycles. The largest absolute Gasteiger partial charge is 0.353 e. The molecule has 0 radical (unpaired) electrons. The summed E-state index contributed by atoms with van der Waals surface area (Å²) in [6, 6.07) is 0.579. The smallest absolute Gasteiger partial charge is 0.167 e. The van der Waals surface area contributed by atoms with Gasteiger partial charge in [0.05, 0.1) is 0 Å². The number of hydrogen-bond acceptors (Lipinski definition) is 4. The van der Waals surface area contributed by atoms with Gasteiger partial charge in [-0.25, -0.2) is 0 Å². The number of allylic oxidation sites excluding steroid dienone is 1. The summed E-state index contributed by atoms with van der Waals surface area (Å²) in [5.74, 6) is 0.534. The number of carbonyl (C=O) groups is 2. The molecule has 1 saturated heterocycles. The zero-order valence-electron chi connectivity index (χ0n) is 12.3. The summed E-state index contributed by atoms with van der Waals surface area (Å²) in [7, 11) is 0. The Bertz CT molecular complexity index is 349. The zero-order chi connectivity index (χ0) is 14.0. The average Bonchev–Trinajstić information content (AvgIpc) is 2.60. The predicted octanol–water partition coefficient (Wildman–Crippen LogP) is 1.81. The fourth-order valence-corrected chi connectivity index (χ4v) is 2.45. The Morgan fingerprint density at radius 3 is 1.44 bits per heavy atom. The number of ketones is 2. The van der Waals surface area contributed by atoms with Crippen LogP contribution in [0.3, 0.4) is 0 Å². The summed E-state index contributed by atoms with van der Waals surface area (Å²) in [5.41, 5.74) is 0.342. The first-order valence-electron chi connectivity index (χ1n) is 6.56. The van der Waals surface area contributed by atoms with Crippen molar-refractivity contribution in [2.75, 3.05) is 13.1 Å². The summed E-state index contributed by atoms with van der Waals surface area (Å²) in [4.78, 5) is 27.9. The van der Waals surface area contributed by atoms with Crippen LogP contribution in [0.15, 0.2) is 11.4 Å². The summed E-state index contributed by atoms with van der Waals surface area (Å²) in [6.45, 7) is 13.0. The van der Waals surface area contributed by atoms with E-state index >= 15 is 0 Å². The van der Waals surface area contributed by atoms with Gasteiger partial charge in [0.25, 0.3) is 0 Å². The minimum absolute atomic E-state index is 0.143. The fourth-order valence-electron chi connectivity index (χ4n) is 2.45. The predicted molar refractivity (Wildman–Crippen MR) is 72.1 cm³/mol. The lowest BCUT2D eigenvalue weighted by Gasteiger charge is -2.31. The zero-order valence-corrected chi connectivity index (χ0v) is 12.3. The highest BCUT2D eigenvalue weighted by Crippen LogP contribution is 2.27. The van der Waals surface area contributed by atoms with Gasteiger partial charge in [-0.1, -0.05) is 0 Å². The van der Waals surface area contributed by atoms with Crippen LogP contribution in [0.4, 0.5) is 0 Å². The van der Waals surface area contributed by atoms with Crippen LogP contribution < -0.4 is 0 Å². The standard InChI is InChI=1S/C14H24N2O2/c1-9(2)15-7-8-16(10(3)4)14(15)13(11(5)17)12(6)18/h9-10H,7-8H2,1-6H3. The van der Waals surface area contributed by atoms with Crippen LogP contribution in [0, 0.1) is 0 Å². The molecule has 0 saturated carbocycles. The van der Waals surface area contributed by atoms with Crippen molar-refractivity contribution in [1.29, 1.82) is 0 Å². The molecular formula is C14H24N2O2. The summed E-state index contributed by atoms with van der Waals surface area (Å²) in [5, 5.41) is 0. The Labute approximate surface area is 110 Å². The highest BCUT2D eigenvalue weighted by Gasteiger charge is 2.33. The first-order valence-corrected chi connectivity index (χ1v) is 6.56. The second-order valence-corrected chi connectivity index (χ2v) is 5.39. The Morgan fingerprint density at radius 2 is 1.22 bits per heavy atom. The van der Waals surface area contributed by atoms with Crippen molar-refractivity contribution in [3.8, 4) is 0 Å². The number of carbonyl (C=O) groups excluding carboxylic acids is 2. The van der Waals surface area contributed by atoms with Crippen LogP contribution in [0.5, 0.6) is 0 Å². The van der Waals surface area contributed by atoms with Gasteiger partial charge >= 0.3 is 0 Å². The van der Waals surface area contributed by atoms with Crippen LogP contribution in [0.1, 0.15) is 41.5 Å². The molecule has 0 amide bonds. The first-order chi connectivity index (χ1) is 8.27. The van der Waals surface area contributed by atoms with Gasteiger partial charge in [-0.05, 0) is 41.5 Å². The van der Waals surface area contributed by atoms with E-state index in [0.29, 0.717) is 5.57 Å². The monoisotopic (exact) mass is 252 g/mol. The normalized spacial score (nSPS) is 15.9. The lowest BCUT2D eigenvalue weighted by Crippen LogP contribution is -2.35. The molecule has 1 aliphatic heterocycles. The molecule has 1 heterocycles. The number of nitrogens with zero attached hydrogens (tertiary/aromatic N) is 2. The van der Waals surface area contributed by atoms with Crippen LogP contribution in [-0.2, 0) is 9.59 Å². The molecule has 0 atom stereocenters. The third kappa shape index (κ3) is 2.74. The Balaban J connectivity index is 3.36. The highest BCUT2D eigenvalue weighted by atomic mass is 16.1. The van der Waals surface area contributed by atoms with Crippen molar-refractivity contribution in [1.82, 2.24) is 9.80 Å². The highest BCUT2D eigenvalue weighted by molar-refractivity contribution is 6.19. The summed E-state index contributed by atoms with van der Waals surface area (Å²) in [6.07, 6.45) is 0. The van der Waals surface area contributed by atoms with Crippen molar-refractivity contribution in [3.05, 3.63) is 11.4 Å². The van der Waals surface area contributed by atoms with E-state index in [9.17, 15) is 9.59 Å². The lowest BCUT2D eigenvalue weighted by atomic mass is 10.1. The second kappa shape index (κ2) is 5.55. The number of Topliss-reactive ketones (excluding diaryl/α,β-unsaturated/α-hetero) is 2. The molecule has 0 unspecified atom stereocenters. The Morgan fingerprint density at radius 1 is 0.889 bits per heavy atom. The van der Waals surface area contributed by atoms with E-state index in [4.69, 9.17) is 0 Å². The van der Waals surface area contributed by atoms with E-state index in [1.54, 1.807) is 0 Å². The molecule has 1 aliphatic rings. The maximum Gasteiger partial charge on any atom is 0.167 e. The quantitative estimate of drug-likeness (QED) is 0.435. The maximum absolute atomic E-state index is 11.8. The molecule has 0 aliphatic carbocycles. The van der Waals surface area contributed by atoms with Gasteiger partial charge in [0.1, 0.15) is 11.4 Å². The summed E-state index contributed by atoms with van der Waals surface area (Å²) < 4.78 is 0. The molecule has 102 valence electrons. The molecule has 1 rings (SSSR count). The SMILES string of the molecule is CC(=O)C(C(C)=O)=C1N(C(C)C)CCN1C(C)C. The van der Waals surface area contributed by atoms with Gasteiger partial charge in [0.2, 0.25) is 0 Å². The second-order valence-electron chi connectivity index (χ2n) is 5.39. The van der Waals surface area contributed by atoms with E-state index in [1.807, 2.05) is 0 Å². The molecule has 0 spiro atoms. The third-order valence-corrected chi connectivity index (χ3v) is 3.30. The van der Waals surface area contributed by atoms with E-state index < -0.39 is 0 Å². The minimum atomic E-state index is -0.143. The minimum Gasteiger partial charge on any atom is -0.353 e. The van der Waals surface area contributed by atoms with E-state index in [-0.39, 0.29) is 23.7 Å². The lowest BCUT2D eigenvalue weighted by molar-refractivity contribution is -0.119. The molecule has 0 N–H and O–H groups in total. The van der Waals surface area contributed by atoms with Gasteiger partial charge < -0.3 is 9.80 Å². The van der Waals surface area contributed by atoms with Gasteiger partial charge in [0, 0.05) is 25.2 Å². The van der Waals surface area contributed by atoms with Gasteiger partial charge in [-0.15, -0.1) is 0 Å². The van der Waals surface area contributed by atoms with E-state index in [1.165, 1.54) is 13.8 Å². The maximum atomic E-state index is 11.8. The molecular weight excluding hydrogens is 228 g/mol. The molecule has 1 fully saturated rings. The third-order valence-electron chi connectivity index (χ3n) is 3.30. The van der Waals surface area contributed by atoms with Gasteiger partial charge in [-0.2, -0.15) is 0 Å². The van der Waals surface area contributed by atoms with Crippen molar-refractivity contribution in [2.24, 2.45) is 0 Å². The van der Waals surface area contributed by atoms with Crippen LogP contribution in [-0.4, -0.2) is 46.5 Å². The van der Waals surface area contributed by atoms with Crippen LogP contribution >= 0.6 is 0 Å². The van der Waals surface area contributed by atoms with Crippen molar-refractivity contribution >= 4 is 11.6 Å². The number of hydrogen-bond donors (Lipinski definition) is 0. The Hall–Kier alpha value is -1.32. The summed E-state index contributed by atoms with van der Waals surface area (Å²) >= 11 is 0. The van der Waals surface area contributed by atoms with Crippen molar-refractivity contribution < 1.29 is 9.59 Å². The molecule has 0 bridgehead atoms. The molecule has 4 nitrogen and oxygen atoms in total. The van der Waals surface area contributed by atoms with Crippen LogP contribution in [0.2, 0.25) is 0 Å². The average molecular weight is 252 g/mol. The number of rotatable bonds is 4. The molecule has 0 aromatic carbocycles.